The van der Waals surface area contributed by atoms with Gasteiger partial charge in [0.05, 0.1) is 33.8 Å². The van der Waals surface area contributed by atoms with Gasteiger partial charge in [0.1, 0.15) is 11.4 Å². The van der Waals surface area contributed by atoms with Crippen molar-refractivity contribution in [2.45, 2.75) is 63.5 Å². The summed E-state index contributed by atoms with van der Waals surface area (Å²) in [6.07, 6.45) is 5.42. The van der Waals surface area contributed by atoms with Crippen molar-refractivity contribution < 1.29 is 14.6 Å². The summed E-state index contributed by atoms with van der Waals surface area (Å²) in [5.41, 5.74) is 0.548. The number of aliphatic hydroxyl groups is 1. The molecular formula is C17H35N3O3SSi. The molecule has 0 aliphatic carbocycles. The molecule has 0 radical (unpaired) electrons. The van der Waals surface area contributed by atoms with Gasteiger partial charge in [-0.1, -0.05) is 45.6 Å². The number of ether oxygens (including phenoxy) is 2. The van der Waals surface area contributed by atoms with E-state index in [9.17, 15) is 5.11 Å². The first-order chi connectivity index (χ1) is 11.3. The van der Waals surface area contributed by atoms with E-state index >= 15 is 0 Å². The van der Waals surface area contributed by atoms with Crippen molar-refractivity contribution >= 4 is 18.1 Å². The molecule has 0 spiro atoms. The Morgan fingerprint density at radius 2 is 1.88 bits per heavy atom. The molecule has 1 aromatic heterocycles. The Hall–Kier alpha value is -0.413. The number of rotatable bonds is 7. The minimum atomic E-state index is -1.40. The van der Waals surface area contributed by atoms with Crippen LogP contribution in [-0.4, -0.2) is 64.6 Å². The Morgan fingerprint density at radius 1 is 1.28 bits per heavy atom. The van der Waals surface area contributed by atoms with E-state index in [0.717, 1.165) is 17.6 Å². The lowest BCUT2D eigenvalue weighted by Crippen LogP contribution is -2.49. The van der Waals surface area contributed by atoms with Crippen molar-refractivity contribution in [3.05, 3.63) is 11.4 Å². The maximum absolute atomic E-state index is 10.9. The van der Waals surface area contributed by atoms with Gasteiger partial charge < -0.3 is 14.6 Å². The Kier molecular flexibility index (Phi) is 5.81. The van der Waals surface area contributed by atoms with Crippen LogP contribution in [0.2, 0.25) is 19.6 Å². The predicted molar refractivity (Wildman–Crippen MR) is 107 cm³/mol. The lowest BCUT2D eigenvalue weighted by Gasteiger charge is -2.44. The van der Waals surface area contributed by atoms with Gasteiger partial charge in [-0.05, 0) is 17.3 Å². The zero-order chi connectivity index (χ0) is 19.1. The number of nitrogens with zero attached hydrogens (tertiary/aromatic N) is 3. The second-order valence-electron chi connectivity index (χ2n) is 9.74. The van der Waals surface area contributed by atoms with E-state index in [1.54, 1.807) is 0 Å². The van der Waals surface area contributed by atoms with E-state index < -0.39 is 23.7 Å². The predicted octanol–water partition coefficient (Wildman–Crippen LogP) is 2.71. The molecule has 0 atom stereocenters. The highest BCUT2D eigenvalue weighted by atomic mass is 32.3. The van der Waals surface area contributed by atoms with Crippen molar-refractivity contribution in [2.24, 2.45) is 0 Å². The van der Waals surface area contributed by atoms with Gasteiger partial charge in [-0.3, -0.25) is 0 Å². The molecule has 1 aliphatic heterocycles. The molecule has 0 unspecified atom stereocenters. The van der Waals surface area contributed by atoms with Gasteiger partial charge in [0.25, 0.3) is 0 Å². The van der Waals surface area contributed by atoms with Crippen molar-refractivity contribution in [1.29, 1.82) is 0 Å². The normalized spacial score (nSPS) is 18.9. The van der Waals surface area contributed by atoms with Gasteiger partial charge in [0.2, 0.25) is 0 Å². The molecule has 1 aromatic rings. The van der Waals surface area contributed by atoms with Crippen molar-refractivity contribution in [2.75, 3.05) is 31.7 Å². The Morgan fingerprint density at radius 3 is 2.32 bits per heavy atom. The molecule has 0 aromatic carbocycles. The van der Waals surface area contributed by atoms with E-state index in [0.29, 0.717) is 25.8 Å². The molecule has 146 valence electrons. The summed E-state index contributed by atoms with van der Waals surface area (Å²) in [6.45, 7) is 14.6. The van der Waals surface area contributed by atoms with Crippen LogP contribution in [0.1, 0.15) is 32.2 Å². The SMILES string of the molecule is CC(C)(C)S(C)(C)COCc1nnn(C[Si](C)(C)C)c1C1(O)COC1. The standard InChI is InChI=1S/C17H35N3O3SSi/c1-16(2,3)24(4,5)13-22-9-14-15(17(21)10-23-11-17)20(19-18-14)12-25(6,7)8/h21H,9-13H2,1-8H3. The summed E-state index contributed by atoms with van der Waals surface area (Å²) >= 11 is 0. The highest BCUT2D eigenvalue weighted by molar-refractivity contribution is 8.33. The summed E-state index contributed by atoms with van der Waals surface area (Å²) in [7, 11) is -2.29. The highest BCUT2D eigenvalue weighted by Gasteiger charge is 2.44. The van der Waals surface area contributed by atoms with Gasteiger partial charge in [-0.15, -0.1) is 5.10 Å². The van der Waals surface area contributed by atoms with Crippen LogP contribution >= 0.6 is 10.0 Å². The fraction of sp³-hybridized carbons (Fsp3) is 0.882. The van der Waals surface area contributed by atoms with E-state index in [2.05, 4.69) is 63.2 Å². The zero-order valence-corrected chi connectivity index (χ0v) is 18.9. The lowest BCUT2D eigenvalue weighted by molar-refractivity contribution is -0.189. The molecule has 8 heteroatoms. The number of hydrogen-bond acceptors (Lipinski definition) is 5. The topological polar surface area (TPSA) is 69.4 Å². The molecule has 1 saturated heterocycles. The largest absolute Gasteiger partial charge is 0.379 e. The van der Waals surface area contributed by atoms with Crippen LogP contribution < -0.4 is 0 Å². The molecule has 25 heavy (non-hydrogen) atoms. The first kappa shape index (κ1) is 20.9. The summed E-state index contributed by atoms with van der Waals surface area (Å²) < 4.78 is 13.4. The molecule has 1 aliphatic rings. The minimum Gasteiger partial charge on any atom is -0.379 e. The van der Waals surface area contributed by atoms with E-state index in [1.807, 2.05) is 4.68 Å². The molecule has 2 heterocycles. The first-order valence-electron chi connectivity index (χ1n) is 8.77. The quantitative estimate of drug-likeness (QED) is 0.726. The maximum Gasteiger partial charge on any atom is 0.154 e. The average molecular weight is 390 g/mol. The Balaban J connectivity index is 2.16. The van der Waals surface area contributed by atoms with Crippen LogP contribution in [-0.2, 0) is 27.8 Å². The molecule has 0 saturated carbocycles. The van der Waals surface area contributed by atoms with Gasteiger partial charge >= 0.3 is 0 Å². The third-order valence-electron chi connectivity index (χ3n) is 4.83. The molecule has 6 nitrogen and oxygen atoms in total. The van der Waals surface area contributed by atoms with E-state index in [4.69, 9.17) is 9.47 Å². The number of aromatic nitrogens is 3. The third kappa shape index (κ3) is 4.85. The van der Waals surface area contributed by atoms with E-state index in [-0.39, 0.29) is 4.75 Å². The molecule has 0 amide bonds. The molecule has 0 bridgehead atoms. The summed E-state index contributed by atoms with van der Waals surface area (Å²) in [6, 6.07) is 0. The third-order valence-corrected chi connectivity index (χ3v) is 10.1. The van der Waals surface area contributed by atoms with Gasteiger partial charge in [-0.2, -0.15) is 0 Å². The summed E-state index contributed by atoms with van der Waals surface area (Å²) in [5, 5.41) is 19.5. The minimum absolute atomic E-state index is 0.227. The van der Waals surface area contributed by atoms with Crippen molar-refractivity contribution in [3.63, 3.8) is 0 Å². The highest BCUT2D eigenvalue weighted by Crippen LogP contribution is 2.52. The van der Waals surface area contributed by atoms with Crippen LogP contribution in [0.25, 0.3) is 0 Å². The zero-order valence-electron chi connectivity index (χ0n) is 17.0. The van der Waals surface area contributed by atoms with Crippen molar-refractivity contribution in [3.8, 4) is 0 Å². The van der Waals surface area contributed by atoms with Crippen LogP contribution in [0.5, 0.6) is 0 Å². The van der Waals surface area contributed by atoms with Crippen LogP contribution in [0.4, 0.5) is 0 Å². The molecule has 1 N–H and O–H groups in total. The second-order valence-corrected chi connectivity index (χ2v) is 19.7. The summed E-state index contributed by atoms with van der Waals surface area (Å²) in [5.74, 6) is 0.714. The van der Waals surface area contributed by atoms with Gasteiger partial charge in [0.15, 0.2) is 5.60 Å². The van der Waals surface area contributed by atoms with Crippen molar-refractivity contribution in [1.82, 2.24) is 15.0 Å². The van der Waals surface area contributed by atoms with Gasteiger partial charge in [0, 0.05) is 6.17 Å². The summed E-state index contributed by atoms with van der Waals surface area (Å²) in [4.78, 5) is 0. The van der Waals surface area contributed by atoms with Crippen LogP contribution in [0.3, 0.4) is 0 Å². The van der Waals surface area contributed by atoms with Gasteiger partial charge in [-0.25, -0.2) is 14.7 Å². The van der Waals surface area contributed by atoms with Crippen LogP contribution in [0, 0.1) is 0 Å². The maximum atomic E-state index is 10.9. The van der Waals surface area contributed by atoms with Crippen LogP contribution in [0.15, 0.2) is 0 Å². The lowest BCUT2D eigenvalue weighted by atomic mass is 9.96. The fourth-order valence-corrected chi connectivity index (χ4v) is 4.44. The molecule has 2 rings (SSSR count). The average Bonchev–Trinajstić information content (AvgIpc) is 2.75. The monoisotopic (exact) mass is 389 g/mol. The fourth-order valence-electron chi connectivity index (χ4n) is 2.47. The molecular weight excluding hydrogens is 354 g/mol. The number of hydrogen-bond donors (Lipinski definition) is 1. The Bertz CT molecular complexity index is 601. The smallest absolute Gasteiger partial charge is 0.154 e. The van der Waals surface area contributed by atoms with E-state index in [1.165, 1.54) is 0 Å². The molecule has 1 fully saturated rings. The second kappa shape index (κ2) is 6.96. The first-order valence-corrected chi connectivity index (χ1v) is 15.1. The Labute approximate surface area is 154 Å².